The Labute approximate surface area is 191 Å². The monoisotopic (exact) mass is 435 g/mol. The normalized spacial score (nSPS) is 11.6. The number of aliphatic carboxylic acids is 1. The molecule has 4 nitrogen and oxygen atoms in total. The van der Waals surface area contributed by atoms with Crippen molar-refractivity contribution in [3.8, 4) is 5.75 Å². The minimum atomic E-state index is -1.02. The summed E-state index contributed by atoms with van der Waals surface area (Å²) in [7, 11) is 0. The Morgan fingerprint density at radius 2 is 1.03 bits per heavy atom. The lowest BCUT2D eigenvalue weighted by Gasteiger charge is -2.05. The van der Waals surface area contributed by atoms with Gasteiger partial charge in [-0.1, -0.05) is 129 Å². The van der Waals surface area contributed by atoms with Crippen LogP contribution in [0.3, 0.4) is 0 Å². The number of carboxylic acids is 1. The van der Waals surface area contributed by atoms with Crippen molar-refractivity contribution < 1.29 is 15.0 Å². The predicted octanol–water partition coefficient (Wildman–Crippen LogP) is 7.61. The van der Waals surface area contributed by atoms with Gasteiger partial charge >= 0.3 is 5.97 Å². The minimum absolute atomic E-state index is 0.160. The molecule has 4 heteroatoms. The lowest BCUT2D eigenvalue weighted by molar-refractivity contribution is -0.138. The zero-order valence-corrected chi connectivity index (χ0v) is 20.3. The number of carboxylic acid groups (broad SMARTS) is 1. The highest BCUT2D eigenvalue weighted by molar-refractivity contribution is 5.73. The molecule has 0 saturated heterocycles. The van der Waals surface area contributed by atoms with Crippen LogP contribution in [0.1, 0.15) is 122 Å². The summed E-state index contributed by atoms with van der Waals surface area (Å²) < 4.78 is 0. The first-order chi connectivity index (χ1) is 15.0. The molecule has 180 valence electrons. The van der Waals surface area contributed by atoms with Gasteiger partial charge in [-0.05, 0) is 24.1 Å². The van der Waals surface area contributed by atoms with E-state index in [0.717, 1.165) is 5.56 Å². The van der Waals surface area contributed by atoms with Crippen molar-refractivity contribution in [2.75, 3.05) is 0 Å². The summed E-state index contributed by atoms with van der Waals surface area (Å²) in [5.74, 6) is -0.860. The number of hydrogen-bond donors (Lipinski definition) is 3. The Hall–Kier alpha value is -1.55. The number of aromatic hydroxyl groups is 1. The first kappa shape index (κ1) is 29.5. The van der Waals surface area contributed by atoms with E-state index in [1.165, 1.54) is 115 Å². The maximum atomic E-state index is 10.4. The first-order valence-corrected chi connectivity index (χ1v) is 12.8. The van der Waals surface area contributed by atoms with Gasteiger partial charge in [-0.25, -0.2) is 0 Å². The first-order valence-electron chi connectivity index (χ1n) is 12.8. The van der Waals surface area contributed by atoms with Crippen molar-refractivity contribution in [1.82, 2.24) is 0 Å². The van der Waals surface area contributed by atoms with E-state index >= 15 is 0 Å². The van der Waals surface area contributed by atoms with E-state index in [9.17, 15) is 4.79 Å². The molecule has 1 aromatic rings. The molecule has 31 heavy (non-hydrogen) atoms. The van der Waals surface area contributed by atoms with Gasteiger partial charge < -0.3 is 15.9 Å². The van der Waals surface area contributed by atoms with Gasteiger partial charge in [0, 0.05) is 0 Å². The molecule has 0 spiro atoms. The predicted molar refractivity (Wildman–Crippen MR) is 133 cm³/mol. The highest BCUT2D eigenvalue weighted by atomic mass is 16.4. The fourth-order valence-corrected chi connectivity index (χ4v) is 3.59. The molecule has 0 heterocycles. The summed E-state index contributed by atoms with van der Waals surface area (Å²) in [4.78, 5) is 10.4. The van der Waals surface area contributed by atoms with E-state index in [1.54, 1.807) is 12.1 Å². The van der Waals surface area contributed by atoms with Gasteiger partial charge in [0.15, 0.2) is 0 Å². The number of carbonyl (C=O) groups is 1. The molecule has 0 aliphatic heterocycles. The third-order valence-corrected chi connectivity index (χ3v) is 5.67. The van der Waals surface area contributed by atoms with Gasteiger partial charge in [-0.15, -0.1) is 0 Å². The van der Waals surface area contributed by atoms with Crippen LogP contribution in [0.4, 0.5) is 0 Å². The number of benzene rings is 1. The van der Waals surface area contributed by atoms with Crippen LogP contribution in [-0.2, 0) is 11.2 Å². The second-order valence-corrected chi connectivity index (χ2v) is 8.77. The van der Waals surface area contributed by atoms with Crippen molar-refractivity contribution in [1.29, 1.82) is 0 Å². The molecule has 1 rings (SSSR count). The maximum absolute atomic E-state index is 10.4. The lowest BCUT2D eigenvalue weighted by atomic mass is 10.0. The second-order valence-electron chi connectivity index (χ2n) is 8.77. The number of phenols is 1. The van der Waals surface area contributed by atoms with Gasteiger partial charge in [0.05, 0.1) is 0 Å². The van der Waals surface area contributed by atoms with E-state index in [1.807, 2.05) is 0 Å². The summed E-state index contributed by atoms with van der Waals surface area (Å²) in [6, 6.07) is 5.42. The van der Waals surface area contributed by atoms with Gasteiger partial charge in [0.25, 0.3) is 0 Å². The summed E-state index contributed by atoms with van der Waals surface area (Å²) in [6.45, 7) is 4.59. The van der Waals surface area contributed by atoms with E-state index in [0.29, 0.717) is 0 Å². The third-order valence-electron chi connectivity index (χ3n) is 5.67. The Balaban J connectivity index is 0.000000609. The van der Waals surface area contributed by atoms with Gasteiger partial charge in [-0.2, -0.15) is 0 Å². The molecular weight excluding hydrogens is 386 g/mol. The molecule has 0 bridgehead atoms. The number of rotatable bonds is 18. The number of nitrogens with two attached hydrogens (primary N) is 1. The third kappa shape index (κ3) is 20.1. The fraction of sp³-hybridized carbons (Fsp3) is 0.741. The Bertz CT molecular complexity index is 500. The number of hydrogen-bond acceptors (Lipinski definition) is 3. The fourth-order valence-electron chi connectivity index (χ4n) is 3.59. The Morgan fingerprint density at radius 1 is 0.710 bits per heavy atom. The Kier molecular flexibility index (Phi) is 20.6. The topological polar surface area (TPSA) is 83.5 Å². The zero-order valence-electron chi connectivity index (χ0n) is 20.3. The summed E-state index contributed by atoms with van der Waals surface area (Å²) in [6.07, 6.45) is 23.7. The molecule has 0 amide bonds. The highest BCUT2D eigenvalue weighted by Gasteiger charge is 2.11. The maximum Gasteiger partial charge on any atom is 0.320 e. The van der Waals surface area contributed by atoms with E-state index in [-0.39, 0.29) is 12.2 Å². The average molecular weight is 436 g/mol. The van der Waals surface area contributed by atoms with Gasteiger partial charge in [0.1, 0.15) is 11.8 Å². The number of phenolic OH excluding ortho intramolecular Hbond substituents is 1. The SMILES string of the molecule is CCCCCCCCCCCCCCCCCC.NC(Cc1ccc(O)cc1)C(=O)O. The van der Waals surface area contributed by atoms with Crippen molar-refractivity contribution in [2.24, 2.45) is 5.73 Å². The van der Waals surface area contributed by atoms with Crippen LogP contribution < -0.4 is 5.73 Å². The van der Waals surface area contributed by atoms with Crippen LogP contribution in [0.5, 0.6) is 5.75 Å². The van der Waals surface area contributed by atoms with Crippen molar-refractivity contribution in [3.63, 3.8) is 0 Å². The molecule has 1 atom stereocenters. The molecule has 0 aromatic heterocycles. The summed E-state index contributed by atoms with van der Waals surface area (Å²) in [5, 5.41) is 17.5. The summed E-state index contributed by atoms with van der Waals surface area (Å²) >= 11 is 0. The van der Waals surface area contributed by atoms with Crippen LogP contribution in [0.2, 0.25) is 0 Å². The van der Waals surface area contributed by atoms with Crippen molar-refractivity contribution >= 4 is 5.97 Å². The van der Waals surface area contributed by atoms with Crippen LogP contribution in [0.15, 0.2) is 24.3 Å². The standard InChI is InChI=1S/C18H38.C9H11NO3/c1-3-5-7-9-11-13-15-17-18-16-14-12-10-8-6-4-2;10-8(9(12)13)5-6-1-3-7(11)4-2-6/h3-18H2,1-2H3;1-4,8,11H,5,10H2,(H,12,13). The molecule has 0 fully saturated rings. The van der Waals surface area contributed by atoms with Gasteiger partial charge in [-0.3, -0.25) is 4.79 Å². The minimum Gasteiger partial charge on any atom is -0.508 e. The quantitative estimate of drug-likeness (QED) is 0.207. The zero-order chi connectivity index (χ0) is 23.2. The molecular formula is C27H49NO3. The average Bonchev–Trinajstić information content (AvgIpc) is 2.76. The largest absolute Gasteiger partial charge is 0.508 e. The van der Waals surface area contributed by atoms with Crippen LogP contribution >= 0.6 is 0 Å². The van der Waals surface area contributed by atoms with E-state index in [2.05, 4.69) is 13.8 Å². The molecule has 0 saturated carbocycles. The molecule has 0 aliphatic carbocycles. The second kappa shape index (κ2) is 21.7. The van der Waals surface area contributed by atoms with Crippen molar-refractivity contribution in [2.45, 2.75) is 129 Å². The molecule has 4 N–H and O–H groups in total. The number of unbranched alkanes of at least 4 members (excludes halogenated alkanes) is 15. The molecule has 1 aromatic carbocycles. The molecule has 0 aliphatic rings. The molecule has 0 radical (unpaired) electrons. The smallest absolute Gasteiger partial charge is 0.320 e. The molecule has 1 unspecified atom stereocenters. The van der Waals surface area contributed by atoms with Gasteiger partial charge in [0.2, 0.25) is 0 Å². The van der Waals surface area contributed by atoms with Crippen LogP contribution in [0, 0.1) is 0 Å². The van der Waals surface area contributed by atoms with Crippen LogP contribution in [-0.4, -0.2) is 22.2 Å². The van der Waals surface area contributed by atoms with Crippen molar-refractivity contribution in [3.05, 3.63) is 29.8 Å². The summed E-state index contributed by atoms with van der Waals surface area (Å²) in [5.41, 5.74) is 6.12. The Morgan fingerprint density at radius 3 is 1.32 bits per heavy atom. The highest BCUT2D eigenvalue weighted by Crippen LogP contribution is 2.13. The lowest BCUT2D eigenvalue weighted by Crippen LogP contribution is -2.32. The van der Waals surface area contributed by atoms with E-state index < -0.39 is 12.0 Å². The van der Waals surface area contributed by atoms with Crippen LogP contribution in [0.25, 0.3) is 0 Å². The van der Waals surface area contributed by atoms with E-state index in [4.69, 9.17) is 15.9 Å².